The zero-order chi connectivity index (χ0) is 18.2. The molecule has 0 radical (unpaired) electrons. The van der Waals surface area contributed by atoms with Gasteiger partial charge in [0.1, 0.15) is 5.75 Å². The number of halogens is 1. The van der Waals surface area contributed by atoms with E-state index in [0.717, 1.165) is 6.08 Å². The number of esters is 1. The molecule has 0 aliphatic rings. The molecular weight excluding hydrogens is 327 g/mol. The fourth-order valence-electron chi connectivity index (χ4n) is 2.00. The molecule has 0 saturated heterocycles. The molecule has 0 amide bonds. The van der Waals surface area contributed by atoms with Crippen molar-refractivity contribution in [3.05, 3.63) is 65.5 Å². The van der Waals surface area contributed by atoms with Crippen LogP contribution in [0.25, 0.3) is 6.08 Å². The average molecular weight is 344 g/mol. The number of hydrogen-bond acceptors (Lipinski definition) is 5. The highest BCUT2D eigenvalue weighted by Gasteiger charge is 2.09. The summed E-state index contributed by atoms with van der Waals surface area (Å²) in [5.74, 6) is -0.821. The standard InChI is InChI=1S/C19H17FO5/c1-23-15-7-5-14(6-8-15)17(21)12-25-19(22)10-4-13-3-9-18(24-2)16(20)11-13/h3-11H,12H2,1-2H3/b10-4+. The van der Waals surface area contributed by atoms with Crippen molar-refractivity contribution in [3.8, 4) is 11.5 Å². The zero-order valence-electron chi connectivity index (χ0n) is 13.8. The van der Waals surface area contributed by atoms with Crippen molar-refractivity contribution in [2.24, 2.45) is 0 Å². The molecular formula is C19H17FO5. The molecule has 0 heterocycles. The number of methoxy groups -OCH3 is 2. The molecule has 0 atom stereocenters. The quantitative estimate of drug-likeness (QED) is 0.438. The van der Waals surface area contributed by atoms with E-state index >= 15 is 0 Å². The van der Waals surface area contributed by atoms with Crippen LogP contribution < -0.4 is 9.47 Å². The van der Waals surface area contributed by atoms with Crippen LogP contribution in [0.2, 0.25) is 0 Å². The Kier molecular flexibility index (Phi) is 6.28. The molecule has 0 bridgehead atoms. The normalized spacial score (nSPS) is 10.5. The lowest BCUT2D eigenvalue weighted by molar-refractivity contribution is -0.136. The number of hydrogen-bond donors (Lipinski definition) is 0. The van der Waals surface area contributed by atoms with Gasteiger partial charge in [-0.3, -0.25) is 4.79 Å². The summed E-state index contributed by atoms with van der Waals surface area (Å²) in [5, 5.41) is 0. The summed E-state index contributed by atoms with van der Waals surface area (Å²) in [5.41, 5.74) is 0.881. The van der Waals surface area contributed by atoms with Gasteiger partial charge in [-0.2, -0.15) is 0 Å². The molecule has 2 aromatic carbocycles. The number of carbonyl (C=O) groups is 2. The van der Waals surface area contributed by atoms with E-state index in [-0.39, 0.29) is 18.1 Å². The Morgan fingerprint density at radius 3 is 2.36 bits per heavy atom. The molecule has 0 fully saturated rings. The average Bonchev–Trinajstić information content (AvgIpc) is 2.64. The monoisotopic (exact) mass is 344 g/mol. The fourth-order valence-corrected chi connectivity index (χ4v) is 2.00. The minimum Gasteiger partial charge on any atom is -0.497 e. The van der Waals surface area contributed by atoms with Gasteiger partial charge >= 0.3 is 5.97 Å². The van der Waals surface area contributed by atoms with Crippen molar-refractivity contribution >= 4 is 17.8 Å². The summed E-state index contributed by atoms with van der Waals surface area (Å²) < 4.78 is 28.2. The Bertz CT molecular complexity index is 781. The Morgan fingerprint density at radius 1 is 1.04 bits per heavy atom. The lowest BCUT2D eigenvalue weighted by Gasteiger charge is -2.04. The molecule has 5 nitrogen and oxygen atoms in total. The third-order valence-electron chi connectivity index (χ3n) is 3.35. The maximum atomic E-state index is 13.5. The number of ketones is 1. The molecule has 6 heteroatoms. The van der Waals surface area contributed by atoms with Gasteiger partial charge in [0, 0.05) is 11.6 Å². The van der Waals surface area contributed by atoms with E-state index in [0.29, 0.717) is 16.9 Å². The highest BCUT2D eigenvalue weighted by molar-refractivity contribution is 5.99. The first-order valence-corrected chi connectivity index (χ1v) is 7.39. The Hall–Kier alpha value is -3.15. The van der Waals surface area contributed by atoms with Crippen LogP contribution in [0.3, 0.4) is 0 Å². The van der Waals surface area contributed by atoms with E-state index in [2.05, 4.69) is 0 Å². The predicted molar refractivity (Wildman–Crippen MR) is 90.3 cm³/mol. The fraction of sp³-hybridized carbons (Fsp3) is 0.158. The molecule has 130 valence electrons. The second kappa shape index (κ2) is 8.63. The number of ether oxygens (including phenoxy) is 3. The van der Waals surface area contributed by atoms with Crippen molar-refractivity contribution < 1.29 is 28.2 Å². The molecule has 2 aromatic rings. The van der Waals surface area contributed by atoms with Crippen molar-refractivity contribution in [1.29, 1.82) is 0 Å². The van der Waals surface area contributed by atoms with Crippen LogP contribution in [-0.2, 0) is 9.53 Å². The Balaban J connectivity index is 1.89. The van der Waals surface area contributed by atoms with Crippen LogP contribution in [0.15, 0.2) is 48.5 Å². The Morgan fingerprint density at radius 2 is 1.76 bits per heavy atom. The van der Waals surface area contributed by atoms with Crippen LogP contribution in [0.4, 0.5) is 4.39 Å². The number of benzene rings is 2. The third kappa shape index (κ3) is 5.17. The second-order valence-electron chi connectivity index (χ2n) is 4.99. The summed E-state index contributed by atoms with van der Waals surface area (Å²) in [4.78, 5) is 23.6. The van der Waals surface area contributed by atoms with Gasteiger partial charge in [0.25, 0.3) is 0 Å². The molecule has 0 saturated carbocycles. The summed E-state index contributed by atoms with van der Waals surface area (Å²) in [7, 11) is 2.89. The third-order valence-corrected chi connectivity index (χ3v) is 3.35. The first-order chi connectivity index (χ1) is 12.0. The summed E-state index contributed by atoms with van der Waals surface area (Å²) in [6.45, 7) is -0.382. The zero-order valence-corrected chi connectivity index (χ0v) is 13.8. The van der Waals surface area contributed by atoms with Gasteiger partial charge in [0.2, 0.25) is 0 Å². The van der Waals surface area contributed by atoms with E-state index in [4.69, 9.17) is 14.2 Å². The van der Waals surface area contributed by atoms with Crippen LogP contribution in [-0.4, -0.2) is 32.6 Å². The maximum Gasteiger partial charge on any atom is 0.331 e. The Labute approximate surface area is 144 Å². The van der Waals surface area contributed by atoms with Crippen LogP contribution in [0, 0.1) is 5.82 Å². The predicted octanol–water partition coefficient (Wildman–Crippen LogP) is 3.28. The first kappa shape index (κ1) is 18.2. The van der Waals surface area contributed by atoms with Gasteiger partial charge in [-0.15, -0.1) is 0 Å². The summed E-state index contributed by atoms with van der Waals surface area (Å²) >= 11 is 0. The van der Waals surface area contributed by atoms with Crippen molar-refractivity contribution in [2.75, 3.05) is 20.8 Å². The van der Waals surface area contributed by atoms with Crippen LogP contribution in [0.5, 0.6) is 11.5 Å². The van der Waals surface area contributed by atoms with Crippen molar-refractivity contribution in [3.63, 3.8) is 0 Å². The van der Waals surface area contributed by atoms with Gasteiger partial charge in [-0.05, 0) is 48.0 Å². The first-order valence-electron chi connectivity index (χ1n) is 7.39. The number of rotatable bonds is 7. The maximum absolute atomic E-state index is 13.5. The van der Waals surface area contributed by atoms with Gasteiger partial charge in [0.05, 0.1) is 14.2 Å². The van der Waals surface area contributed by atoms with E-state index in [1.165, 1.54) is 32.4 Å². The molecule has 2 rings (SSSR count). The minimum atomic E-state index is -0.696. The molecule has 0 N–H and O–H groups in total. The molecule has 0 aliphatic heterocycles. The highest BCUT2D eigenvalue weighted by Crippen LogP contribution is 2.18. The molecule has 25 heavy (non-hydrogen) atoms. The molecule has 0 aromatic heterocycles. The largest absolute Gasteiger partial charge is 0.497 e. The van der Waals surface area contributed by atoms with Gasteiger partial charge in [0.15, 0.2) is 24.0 Å². The summed E-state index contributed by atoms with van der Waals surface area (Å²) in [6.07, 6.45) is 2.52. The van der Waals surface area contributed by atoms with Crippen molar-refractivity contribution in [2.45, 2.75) is 0 Å². The number of carbonyl (C=O) groups excluding carboxylic acids is 2. The van der Waals surface area contributed by atoms with E-state index < -0.39 is 11.8 Å². The highest BCUT2D eigenvalue weighted by atomic mass is 19.1. The summed E-state index contributed by atoms with van der Waals surface area (Å²) in [6, 6.07) is 10.7. The molecule has 0 aliphatic carbocycles. The second-order valence-corrected chi connectivity index (χ2v) is 4.99. The molecule has 0 unspecified atom stereocenters. The van der Waals surface area contributed by atoms with Gasteiger partial charge in [-0.1, -0.05) is 6.07 Å². The van der Waals surface area contributed by atoms with Gasteiger partial charge < -0.3 is 14.2 Å². The van der Waals surface area contributed by atoms with E-state index in [9.17, 15) is 14.0 Å². The van der Waals surface area contributed by atoms with E-state index in [1.54, 1.807) is 30.3 Å². The van der Waals surface area contributed by atoms with Crippen molar-refractivity contribution in [1.82, 2.24) is 0 Å². The number of Topliss-reactive ketones (excluding diaryl/α,β-unsaturated/α-hetero) is 1. The van der Waals surface area contributed by atoms with Crippen LogP contribution >= 0.6 is 0 Å². The molecule has 0 spiro atoms. The smallest absolute Gasteiger partial charge is 0.331 e. The van der Waals surface area contributed by atoms with E-state index in [1.807, 2.05) is 0 Å². The SMILES string of the molecule is COc1ccc(C(=O)COC(=O)/C=C/c2ccc(OC)c(F)c2)cc1. The lowest BCUT2D eigenvalue weighted by Crippen LogP contribution is -2.12. The van der Waals surface area contributed by atoms with Gasteiger partial charge in [-0.25, -0.2) is 9.18 Å². The minimum absolute atomic E-state index is 0.116. The van der Waals surface area contributed by atoms with Crippen LogP contribution in [0.1, 0.15) is 15.9 Å². The lowest BCUT2D eigenvalue weighted by atomic mass is 10.1. The topological polar surface area (TPSA) is 61.8 Å².